The number of carbonyl (C=O) groups excluding carboxylic acids is 2. The Morgan fingerprint density at radius 3 is 2.67 bits per heavy atom. The molecule has 1 N–H and O–H groups in total. The smallest absolute Gasteiger partial charge is 0.355 e. The molecule has 0 atom stereocenters. The van der Waals surface area contributed by atoms with Crippen molar-refractivity contribution in [3.63, 3.8) is 0 Å². The lowest BCUT2D eigenvalue weighted by molar-refractivity contribution is -0.133. The number of H-pyrrole nitrogens is 1. The van der Waals surface area contributed by atoms with Crippen molar-refractivity contribution in [2.75, 3.05) is 20.8 Å². The van der Waals surface area contributed by atoms with Gasteiger partial charge in [0, 0.05) is 24.3 Å². The highest BCUT2D eigenvalue weighted by atomic mass is 79.9. The zero-order valence-electron chi connectivity index (χ0n) is 13.1. The van der Waals surface area contributed by atoms with Crippen LogP contribution in [0.15, 0.2) is 34.9 Å². The molecule has 0 saturated heterocycles. The van der Waals surface area contributed by atoms with Crippen LogP contribution in [0.25, 0.3) is 0 Å². The summed E-state index contributed by atoms with van der Waals surface area (Å²) in [5.41, 5.74) is 0.846. The average molecular weight is 399 g/mol. The minimum atomic E-state index is -0.627. The Hall–Kier alpha value is -2.35. The molecule has 2 aromatic rings. The van der Waals surface area contributed by atoms with Crippen molar-refractivity contribution >= 4 is 27.8 Å². The number of rotatable bonds is 6. The Kier molecular flexibility index (Phi) is 5.97. The van der Waals surface area contributed by atoms with E-state index < -0.39 is 24.3 Å². The third-order valence-corrected chi connectivity index (χ3v) is 3.71. The number of hydrogen-bond donors (Lipinski definition) is 1. The lowest BCUT2D eigenvalue weighted by Gasteiger charge is -2.17. The van der Waals surface area contributed by atoms with Crippen molar-refractivity contribution in [1.82, 2.24) is 9.88 Å². The molecule has 6 nitrogen and oxygen atoms in total. The molecule has 2 rings (SSSR count). The molecule has 1 aromatic heterocycles. The van der Waals surface area contributed by atoms with Gasteiger partial charge in [-0.1, -0.05) is 6.07 Å². The average Bonchev–Trinajstić information content (AvgIpc) is 2.99. The van der Waals surface area contributed by atoms with Gasteiger partial charge in [0.15, 0.2) is 18.2 Å². The van der Waals surface area contributed by atoms with E-state index in [1.807, 2.05) is 0 Å². The molecule has 1 heterocycles. The zero-order chi connectivity index (χ0) is 17.7. The van der Waals surface area contributed by atoms with Gasteiger partial charge in [-0.15, -0.1) is 0 Å². The van der Waals surface area contributed by atoms with E-state index in [1.54, 1.807) is 25.4 Å². The van der Waals surface area contributed by atoms with Gasteiger partial charge >= 0.3 is 5.97 Å². The highest BCUT2D eigenvalue weighted by Gasteiger charge is 2.15. The van der Waals surface area contributed by atoms with Crippen LogP contribution >= 0.6 is 15.9 Å². The maximum Gasteiger partial charge on any atom is 0.355 e. The highest BCUT2D eigenvalue weighted by Crippen LogP contribution is 2.18. The van der Waals surface area contributed by atoms with Crippen LogP contribution < -0.4 is 4.74 Å². The summed E-state index contributed by atoms with van der Waals surface area (Å²) < 4.78 is 24.1. The standard InChI is InChI=1S/C16H16BrFN2O4/c1-20(8-10-3-4-14(23-2)12(18)5-10)15(21)9-24-16(22)13-6-11(17)7-19-13/h3-7,19H,8-9H2,1-2H3. The highest BCUT2D eigenvalue weighted by molar-refractivity contribution is 9.10. The lowest BCUT2D eigenvalue weighted by atomic mass is 10.2. The van der Waals surface area contributed by atoms with Crippen molar-refractivity contribution in [3.05, 3.63) is 52.0 Å². The number of aromatic nitrogens is 1. The Labute approximate surface area is 146 Å². The zero-order valence-corrected chi connectivity index (χ0v) is 14.7. The summed E-state index contributed by atoms with van der Waals surface area (Å²) >= 11 is 3.20. The van der Waals surface area contributed by atoms with Crippen molar-refractivity contribution in [1.29, 1.82) is 0 Å². The van der Waals surface area contributed by atoms with Gasteiger partial charge in [-0.05, 0) is 39.7 Å². The number of halogens is 2. The number of nitrogens with zero attached hydrogens (tertiary/aromatic N) is 1. The maximum absolute atomic E-state index is 13.6. The van der Waals surface area contributed by atoms with Crippen LogP contribution in [-0.2, 0) is 16.1 Å². The number of methoxy groups -OCH3 is 1. The second kappa shape index (κ2) is 7.96. The number of amides is 1. The number of benzene rings is 1. The van der Waals surface area contributed by atoms with E-state index in [-0.39, 0.29) is 18.0 Å². The molecule has 0 unspecified atom stereocenters. The maximum atomic E-state index is 13.6. The predicted molar refractivity (Wildman–Crippen MR) is 88.2 cm³/mol. The van der Waals surface area contributed by atoms with E-state index in [2.05, 4.69) is 20.9 Å². The number of ether oxygens (including phenoxy) is 2. The fraction of sp³-hybridized carbons (Fsp3) is 0.250. The minimum Gasteiger partial charge on any atom is -0.494 e. The largest absolute Gasteiger partial charge is 0.494 e. The lowest BCUT2D eigenvalue weighted by Crippen LogP contribution is -2.30. The van der Waals surface area contributed by atoms with Crippen molar-refractivity contribution in [2.45, 2.75) is 6.54 Å². The number of likely N-dealkylation sites (N-methyl/N-ethyl adjacent to an activating group) is 1. The summed E-state index contributed by atoms with van der Waals surface area (Å²) in [5, 5.41) is 0. The summed E-state index contributed by atoms with van der Waals surface area (Å²) in [6.45, 7) is -0.212. The molecular weight excluding hydrogens is 383 g/mol. The molecule has 0 saturated carbocycles. The molecule has 0 spiro atoms. The van der Waals surface area contributed by atoms with Crippen LogP contribution in [-0.4, -0.2) is 42.5 Å². The first-order chi connectivity index (χ1) is 11.4. The Morgan fingerprint density at radius 2 is 2.08 bits per heavy atom. The summed E-state index contributed by atoms with van der Waals surface area (Å²) in [6, 6.07) is 6.00. The second-order valence-corrected chi connectivity index (χ2v) is 5.94. The van der Waals surface area contributed by atoms with Gasteiger partial charge in [0.2, 0.25) is 0 Å². The van der Waals surface area contributed by atoms with Crippen LogP contribution in [0.3, 0.4) is 0 Å². The third kappa shape index (κ3) is 4.58. The van der Waals surface area contributed by atoms with E-state index in [0.29, 0.717) is 10.0 Å². The van der Waals surface area contributed by atoms with Crippen LogP contribution in [0.2, 0.25) is 0 Å². The van der Waals surface area contributed by atoms with Crippen molar-refractivity contribution < 1.29 is 23.5 Å². The monoisotopic (exact) mass is 398 g/mol. The van der Waals surface area contributed by atoms with E-state index in [0.717, 1.165) is 0 Å². The third-order valence-electron chi connectivity index (χ3n) is 3.26. The molecular formula is C16H16BrFN2O4. The van der Waals surface area contributed by atoms with E-state index >= 15 is 0 Å². The van der Waals surface area contributed by atoms with Crippen LogP contribution in [0, 0.1) is 5.82 Å². The first kappa shape index (κ1) is 18.0. The fourth-order valence-electron chi connectivity index (χ4n) is 1.97. The molecule has 0 aliphatic carbocycles. The van der Waals surface area contributed by atoms with E-state index in [1.165, 1.54) is 24.1 Å². The van der Waals surface area contributed by atoms with Crippen LogP contribution in [0.5, 0.6) is 5.75 Å². The molecule has 0 aliphatic heterocycles. The Morgan fingerprint density at radius 1 is 1.33 bits per heavy atom. The summed E-state index contributed by atoms with van der Waals surface area (Å²) in [6.07, 6.45) is 1.59. The molecule has 0 radical (unpaired) electrons. The number of hydrogen-bond acceptors (Lipinski definition) is 4. The van der Waals surface area contributed by atoms with Gasteiger partial charge in [-0.25, -0.2) is 9.18 Å². The molecule has 0 bridgehead atoms. The quantitative estimate of drug-likeness (QED) is 0.759. The van der Waals surface area contributed by atoms with Crippen molar-refractivity contribution in [2.24, 2.45) is 0 Å². The second-order valence-electron chi connectivity index (χ2n) is 5.03. The van der Waals surface area contributed by atoms with E-state index in [4.69, 9.17) is 9.47 Å². The number of aromatic amines is 1. The van der Waals surface area contributed by atoms with E-state index in [9.17, 15) is 14.0 Å². The molecule has 1 aromatic carbocycles. The van der Waals surface area contributed by atoms with Crippen LogP contribution in [0.1, 0.15) is 16.1 Å². The number of esters is 1. The molecule has 24 heavy (non-hydrogen) atoms. The summed E-state index contributed by atoms with van der Waals surface area (Å²) in [5.74, 6) is -1.39. The summed E-state index contributed by atoms with van der Waals surface area (Å²) in [7, 11) is 2.92. The van der Waals surface area contributed by atoms with Gasteiger partial charge in [0.1, 0.15) is 5.69 Å². The Bertz CT molecular complexity index is 747. The molecule has 0 fully saturated rings. The van der Waals surface area contributed by atoms with Gasteiger partial charge in [0.25, 0.3) is 5.91 Å². The minimum absolute atomic E-state index is 0.138. The van der Waals surface area contributed by atoms with Gasteiger partial charge in [0.05, 0.1) is 7.11 Å². The Balaban J connectivity index is 1.88. The van der Waals surface area contributed by atoms with Gasteiger partial charge < -0.3 is 19.4 Å². The first-order valence-electron chi connectivity index (χ1n) is 6.98. The van der Waals surface area contributed by atoms with Crippen molar-refractivity contribution in [3.8, 4) is 5.75 Å². The van der Waals surface area contributed by atoms with Crippen LogP contribution in [0.4, 0.5) is 4.39 Å². The molecule has 128 valence electrons. The fourth-order valence-corrected chi connectivity index (χ4v) is 2.31. The summed E-state index contributed by atoms with van der Waals surface area (Å²) in [4.78, 5) is 27.8. The van der Waals surface area contributed by atoms with Gasteiger partial charge in [-0.3, -0.25) is 4.79 Å². The normalized spacial score (nSPS) is 10.3. The number of nitrogens with one attached hydrogen (secondary N) is 1. The molecule has 8 heteroatoms. The molecule has 0 aliphatic rings. The van der Waals surface area contributed by atoms with Gasteiger partial charge in [-0.2, -0.15) is 0 Å². The number of carbonyl (C=O) groups is 2. The first-order valence-corrected chi connectivity index (χ1v) is 7.77. The topological polar surface area (TPSA) is 71.6 Å². The SMILES string of the molecule is COc1ccc(CN(C)C(=O)COC(=O)c2cc(Br)c[nH]2)cc1F. The predicted octanol–water partition coefficient (Wildman–Crippen LogP) is 2.74. The molecule has 1 amide bonds.